The summed E-state index contributed by atoms with van der Waals surface area (Å²) in [6.07, 6.45) is 10.8. The van der Waals surface area contributed by atoms with Crippen LogP contribution in [0.3, 0.4) is 0 Å². The maximum absolute atomic E-state index is 4.86. The summed E-state index contributed by atoms with van der Waals surface area (Å²) < 4.78 is 1.88. The van der Waals surface area contributed by atoms with Gasteiger partial charge in [0, 0.05) is 48.0 Å². The molecule has 5 heterocycles. The summed E-state index contributed by atoms with van der Waals surface area (Å²) in [5, 5.41) is 4.51. The molecular formula is C26H19N7S. The number of hydrogen-bond donors (Lipinski definition) is 1. The summed E-state index contributed by atoms with van der Waals surface area (Å²) in [5.41, 5.74) is 3.10. The molecule has 0 radical (unpaired) electrons. The number of aromatic nitrogens is 6. The van der Waals surface area contributed by atoms with Crippen LogP contribution < -0.4 is 5.32 Å². The molecule has 8 heteroatoms. The van der Waals surface area contributed by atoms with Gasteiger partial charge in [0.15, 0.2) is 5.82 Å². The summed E-state index contributed by atoms with van der Waals surface area (Å²) in [5.74, 6) is 2.27. The van der Waals surface area contributed by atoms with Crippen LogP contribution in [0.4, 0.5) is 5.82 Å². The number of fused-ring (bicyclic) bond motifs is 1. The van der Waals surface area contributed by atoms with Gasteiger partial charge in [-0.3, -0.25) is 9.55 Å². The van der Waals surface area contributed by atoms with E-state index >= 15 is 0 Å². The van der Waals surface area contributed by atoms with Crippen molar-refractivity contribution in [2.75, 3.05) is 5.32 Å². The van der Waals surface area contributed by atoms with Gasteiger partial charge in [0.2, 0.25) is 0 Å². The third kappa shape index (κ3) is 4.02. The van der Waals surface area contributed by atoms with Gasteiger partial charge in [0.25, 0.3) is 0 Å². The van der Waals surface area contributed by atoms with E-state index in [-0.39, 0.29) is 0 Å². The summed E-state index contributed by atoms with van der Waals surface area (Å²) in [4.78, 5) is 24.7. The molecule has 7 nitrogen and oxygen atoms in total. The van der Waals surface area contributed by atoms with Gasteiger partial charge < -0.3 is 5.32 Å². The first-order valence-electron chi connectivity index (χ1n) is 10.8. The number of rotatable bonds is 6. The molecule has 0 saturated heterocycles. The van der Waals surface area contributed by atoms with Crippen molar-refractivity contribution in [3.05, 3.63) is 104 Å². The van der Waals surface area contributed by atoms with Gasteiger partial charge in [-0.05, 0) is 35.4 Å². The molecule has 1 aromatic carbocycles. The van der Waals surface area contributed by atoms with Crippen molar-refractivity contribution in [3.8, 4) is 27.6 Å². The summed E-state index contributed by atoms with van der Waals surface area (Å²) in [6, 6.07) is 20.4. The van der Waals surface area contributed by atoms with Crippen LogP contribution >= 0.6 is 11.3 Å². The van der Waals surface area contributed by atoms with Crippen LogP contribution in [0.5, 0.6) is 0 Å². The minimum atomic E-state index is 0.590. The van der Waals surface area contributed by atoms with Gasteiger partial charge in [-0.2, -0.15) is 0 Å². The Bertz CT molecular complexity index is 1530. The van der Waals surface area contributed by atoms with Crippen molar-refractivity contribution in [1.29, 1.82) is 0 Å². The molecule has 0 fully saturated rings. The van der Waals surface area contributed by atoms with Crippen LogP contribution in [0.15, 0.2) is 98.0 Å². The quantitative estimate of drug-likeness (QED) is 0.347. The summed E-state index contributed by atoms with van der Waals surface area (Å²) in [6.45, 7) is 0.590. The average molecular weight is 462 g/mol. The third-order valence-electron chi connectivity index (χ3n) is 5.41. The molecule has 0 aliphatic rings. The van der Waals surface area contributed by atoms with Crippen molar-refractivity contribution in [2.45, 2.75) is 6.54 Å². The van der Waals surface area contributed by atoms with E-state index in [9.17, 15) is 0 Å². The first-order chi connectivity index (χ1) is 16.8. The number of hydrogen-bond acceptors (Lipinski definition) is 7. The highest BCUT2D eigenvalue weighted by molar-refractivity contribution is 7.21. The molecule has 0 spiro atoms. The fraction of sp³-hybridized carbons (Fsp3) is 0.0385. The molecule has 164 valence electrons. The molecule has 1 N–H and O–H groups in total. The molecule has 0 saturated carbocycles. The van der Waals surface area contributed by atoms with E-state index < -0.39 is 0 Å². The monoisotopic (exact) mass is 461 g/mol. The normalized spacial score (nSPS) is 11.1. The van der Waals surface area contributed by atoms with E-state index in [1.165, 1.54) is 5.56 Å². The standard InChI is InChI=1S/C26H19N7S/c1-2-5-19(6-3-1)22-13-21-25(31-24(32-26(21)34-22)20-7-4-10-27-16-20)30-15-18-8-9-23(29-14-18)33-12-11-28-17-33/h1-14,16-17H,15H2,(H,30,31,32). The molecule has 0 aliphatic heterocycles. The van der Waals surface area contributed by atoms with Gasteiger partial charge in [-0.25, -0.2) is 19.9 Å². The van der Waals surface area contributed by atoms with Crippen LogP contribution in [0.1, 0.15) is 5.56 Å². The lowest BCUT2D eigenvalue weighted by Gasteiger charge is -2.09. The zero-order valence-corrected chi connectivity index (χ0v) is 18.9. The summed E-state index contributed by atoms with van der Waals surface area (Å²) in [7, 11) is 0. The van der Waals surface area contributed by atoms with E-state index in [2.05, 4.69) is 44.5 Å². The van der Waals surface area contributed by atoms with Crippen molar-refractivity contribution < 1.29 is 0 Å². The van der Waals surface area contributed by atoms with Crippen molar-refractivity contribution in [3.63, 3.8) is 0 Å². The largest absolute Gasteiger partial charge is 0.365 e. The van der Waals surface area contributed by atoms with E-state index in [1.54, 1.807) is 36.3 Å². The van der Waals surface area contributed by atoms with Crippen LogP contribution in [0.2, 0.25) is 0 Å². The fourth-order valence-corrected chi connectivity index (χ4v) is 4.72. The highest BCUT2D eigenvalue weighted by atomic mass is 32.1. The number of thiophene rings is 1. The van der Waals surface area contributed by atoms with Gasteiger partial charge in [-0.1, -0.05) is 36.4 Å². The van der Waals surface area contributed by atoms with Crippen molar-refractivity contribution >= 4 is 27.4 Å². The first kappa shape index (κ1) is 20.2. The first-order valence-corrected chi connectivity index (χ1v) is 11.6. The Hall–Kier alpha value is -4.43. The van der Waals surface area contributed by atoms with E-state index in [4.69, 9.17) is 9.97 Å². The van der Waals surface area contributed by atoms with Crippen LogP contribution in [0.25, 0.3) is 37.9 Å². The van der Waals surface area contributed by atoms with Gasteiger partial charge >= 0.3 is 0 Å². The van der Waals surface area contributed by atoms with Crippen LogP contribution in [-0.2, 0) is 6.54 Å². The highest BCUT2D eigenvalue weighted by Gasteiger charge is 2.14. The number of nitrogens with zero attached hydrogens (tertiary/aromatic N) is 6. The molecule has 0 bridgehead atoms. The molecular weight excluding hydrogens is 442 g/mol. The molecule has 0 unspecified atom stereocenters. The molecule has 5 aromatic heterocycles. The Labute approximate surface area is 199 Å². The van der Waals surface area contributed by atoms with Gasteiger partial charge in [0.05, 0.1) is 5.39 Å². The van der Waals surface area contributed by atoms with Crippen molar-refractivity contribution in [2.24, 2.45) is 0 Å². The Balaban J connectivity index is 1.35. The minimum absolute atomic E-state index is 0.590. The number of imidazole rings is 1. The number of benzene rings is 1. The van der Waals surface area contributed by atoms with Gasteiger partial charge in [-0.15, -0.1) is 11.3 Å². The lowest BCUT2D eigenvalue weighted by Crippen LogP contribution is -2.04. The predicted molar refractivity (Wildman–Crippen MR) is 135 cm³/mol. The SMILES string of the molecule is c1ccc(-c2cc3c(NCc4ccc(-n5ccnc5)nc4)nc(-c4cccnc4)nc3s2)cc1. The van der Waals surface area contributed by atoms with Crippen LogP contribution in [0, 0.1) is 0 Å². The third-order valence-corrected chi connectivity index (χ3v) is 6.49. The number of pyridine rings is 2. The van der Waals surface area contributed by atoms with E-state index in [0.717, 1.165) is 37.9 Å². The fourth-order valence-electron chi connectivity index (χ4n) is 3.68. The Kier molecular flexibility index (Phi) is 5.25. The van der Waals surface area contributed by atoms with Crippen LogP contribution in [-0.4, -0.2) is 29.5 Å². The Morgan fingerprint density at radius 3 is 2.53 bits per heavy atom. The summed E-state index contributed by atoms with van der Waals surface area (Å²) >= 11 is 1.66. The number of nitrogens with one attached hydrogen (secondary N) is 1. The van der Waals surface area contributed by atoms with E-state index in [1.807, 2.05) is 53.4 Å². The molecule has 34 heavy (non-hydrogen) atoms. The maximum Gasteiger partial charge on any atom is 0.164 e. The zero-order chi connectivity index (χ0) is 22.7. The zero-order valence-electron chi connectivity index (χ0n) is 18.0. The Morgan fingerprint density at radius 1 is 0.853 bits per heavy atom. The molecule has 0 amide bonds. The highest BCUT2D eigenvalue weighted by Crippen LogP contribution is 2.36. The predicted octanol–water partition coefficient (Wildman–Crippen LogP) is 5.61. The maximum atomic E-state index is 4.86. The minimum Gasteiger partial charge on any atom is -0.365 e. The lowest BCUT2D eigenvalue weighted by atomic mass is 10.2. The average Bonchev–Trinajstić information content (AvgIpc) is 3.59. The topological polar surface area (TPSA) is 81.4 Å². The molecule has 6 rings (SSSR count). The smallest absolute Gasteiger partial charge is 0.164 e. The second-order valence-corrected chi connectivity index (χ2v) is 8.71. The lowest BCUT2D eigenvalue weighted by molar-refractivity contribution is 0.977. The van der Waals surface area contributed by atoms with Crippen molar-refractivity contribution in [1.82, 2.24) is 29.5 Å². The molecule has 0 atom stereocenters. The molecule has 0 aliphatic carbocycles. The molecule has 6 aromatic rings. The second kappa shape index (κ2) is 8.84. The van der Waals surface area contributed by atoms with E-state index in [0.29, 0.717) is 12.4 Å². The number of anilines is 1. The second-order valence-electron chi connectivity index (χ2n) is 7.68. The Morgan fingerprint density at radius 2 is 1.76 bits per heavy atom. The van der Waals surface area contributed by atoms with Gasteiger partial charge in [0.1, 0.15) is 22.8 Å².